The van der Waals surface area contributed by atoms with Gasteiger partial charge in [0.1, 0.15) is 31.2 Å². The van der Waals surface area contributed by atoms with E-state index in [2.05, 4.69) is 15.6 Å². The molecule has 0 saturated carbocycles. The Labute approximate surface area is 236 Å². The predicted molar refractivity (Wildman–Crippen MR) is 151 cm³/mol. The highest BCUT2D eigenvalue weighted by molar-refractivity contribution is 6.06. The van der Waals surface area contributed by atoms with Crippen LogP contribution in [0.2, 0.25) is 0 Å². The molecule has 0 aliphatic heterocycles. The summed E-state index contributed by atoms with van der Waals surface area (Å²) in [6.45, 7) is 4.04. The largest absolute Gasteiger partial charge is 0.481 e. The van der Waals surface area contributed by atoms with Crippen molar-refractivity contribution in [2.75, 3.05) is 18.1 Å². The number of nitrogens with zero attached hydrogens (tertiary/aromatic N) is 1. The summed E-state index contributed by atoms with van der Waals surface area (Å²) in [6, 6.07) is 13.8. The van der Waals surface area contributed by atoms with E-state index in [1.165, 1.54) is 11.8 Å². The molecule has 12 heteroatoms. The molecule has 0 saturated heterocycles. The number of H-pyrrole nitrogens is 1. The minimum Gasteiger partial charge on any atom is -0.481 e. The van der Waals surface area contributed by atoms with E-state index in [0.29, 0.717) is 23.2 Å². The molecule has 41 heavy (non-hydrogen) atoms. The number of nitrogens with one attached hydrogen (secondary N) is 3. The van der Waals surface area contributed by atoms with Gasteiger partial charge in [-0.15, -0.1) is 0 Å². The van der Waals surface area contributed by atoms with Crippen molar-refractivity contribution in [3.63, 3.8) is 0 Å². The van der Waals surface area contributed by atoms with Crippen LogP contribution >= 0.6 is 0 Å². The number of aliphatic carboxylic acids is 1. The third-order valence-electron chi connectivity index (χ3n) is 5.89. The fraction of sp³-hybridized carbons (Fsp3) is 0.310. The molecular formula is C29H34N4O8. The summed E-state index contributed by atoms with van der Waals surface area (Å²) < 4.78 is 0. The lowest BCUT2D eigenvalue weighted by Crippen LogP contribution is -2.52. The first kappa shape index (κ1) is 32.4. The number of fused-ring (bicyclic) bond motifs is 1. The maximum atomic E-state index is 13.6. The number of carbonyl (C=O) groups excluding carboxylic acids is 5. The number of carbonyl (C=O) groups is 6. The van der Waals surface area contributed by atoms with Gasteiger partial charge in [-0.2, -0.15) is 0 Å². The second-order valence-corrected chi connectivity index (χ2v) is 9.18. The number of aromatic amines is 1. The number of aliphatic hydroxyl groups excluding tert-OH is 1. The molecule has 0 radical (unpaired) electrons. The first-order valence-electron chi connectivity index (χ1n) is 12.8. The number of amides is 3. The number of aldehydes is 1. The fourth-order valence-electron chi connectivity index (χ4n) is 3.82. The highest BCUT2D eigenvalue weighted by Gasteiger charge is 2.29. The average Bonchev–Trinajstić information content (AvgIpc) is 3.39. The first-order chi connectivity index (χ1) is 19.5. The van der Waals surface area contributed by atoms with Crippen LogP contribution in [0.1, 0.15) is 42.7 Å². The van der Waals surface area contributed by atoms with Crippen molar-refractivity contribution in [1.29, 1.82) is 0 Å². The summed E-state index contributed by atoms with van der Waals surface area (Å²) in [5, 5.41) is 22.6. The highest BCUT2D eigenvalue weighted by Crippen LogP contribution is 2.21. The van der Waals surface area contributed by atoms with Crippen molar-refractivity contribution < 1.29 is 39.0 Å². The van der Waals surface area contributed by atoms with Gasteiger partial charge in [-0.3, -0.25) is 24.0 Å². The van der Waals surface area contributed by atoms with E-state index in [9.17, 15) is 28.8 Å². The van der Waals surface area contributed by atoms with Crippen LogP contribution in [0.25, 0.3) is 10.9 Å². The molecule has 218 valence electrons. The molecule has 3 amide bonds. The van der Waals surface area contributed by atoms with Crippen molar-refractivity contribution in [3.8, 4) is 0 Å². The molecule has 12 nitrogen and oxygen atoms in total. The van der Waals surface area contributed by atoms with E-state index in [-0.39, 0.29) is 18.8 Å². The summed E-state index contributed by atoms with van der Waals surface area (Å²) in [4.78, 5) is 75.2. The Morgan fingerprint density at radius 2 is 1.66 bits per heavy atom. The van der Waals surface area contributed by atoms with Crippen LogP contribution in [0.4, 0.5) is 5.69 Å². The molecule has 0 aliphatic carbocycles. The Morgan fingerprint density at radius 1 is 1.02 bits per heavy atom. The van der Waals surface area contributed by atoms with Gasteiger partial charge in [0, 0.05) is 16.6 Å². The molecule has 1 heterocycles. The van der Waals surface area contributed by atoms with Gasteiger partial charge in [0.05, 0.1) is 12.5 Å². The fourth-order valence-corrected chi connectivity index (χ4v) is 3.82. The number of rotatable bonds is 12. The smallest absolute Gasteiger partial charge is 0.305 e. The second kappa shape index (κ2) is 15.7. The molecule has 1 aromatic heterocycles. The number of aryl methyl sites for hydroxylation is 1. The Hall–Kier alpha value is -4.84. The van der Waals surface area contributed by atoms with Gasteiger partial charge < -0.3 is 35.5 Å². The summed E-state index contributed by atoms with van der Waals surface area (Å²) in [7, 11) is 0. The molecule has 2 atom stereocenters. The van der Waals surface area contributed by atoms with Gasteiger partial charge in [-0.25, -0.2) is 0 Å². The molecule has 3 rings (SSSR count). The van der Waals surface area contributed by atoms with Crippen molar-refractivity contribution >= 4 is 52.4 Å². The number of anilines is 1. The lowest BCUT2D eigenvalue weighted by Gasteiger charge is -2.28. The second-order valence-electron chi connectivity index (χ2n) is 9.18. The topological polar surface area (TPSA) is 186 Å². The maximum Gasteiger partial charge on any atom is 0.305 e. The van der Waals surface area contributed by atoms with Crippen LogP contribution in [0.5, 0.6) is 0 Å². The van der Waals surface area contributed by atoms with E-state index in [0.717, 1.165) is 10.9 Å². The molecule has 2 unspecified atom stereocenters. The number of aliphatic hydroxyl groups is 1. The van der Waals surface area contributed by atoms with E-state index >= 15 is 0 Å². The van der Waals surface area contributed by atoms with Gasteiger partial charge in [-0.05, 0) is 44.0 Å². The van der Waals surface area contributed by atoms with Crippen LogP contribution in [-0.2, 0) is 24.0 Å². The average molecular weight is 567 g/mol. The SMILES string of the molecule is CC(=O)CO.CCC(NC(=O)c1cc2ccccc2[nH]1)C(=O)N(CC(=O)NC(C=O)CC(=O)O)c1ccccc1C. The van der Waals surface area contributed by atoms with Crippen molar-refractivity contribution in [2.24, 2.45) is 0 Å². The van der Waals surface area contributed by atoms with Gasteiger partial charge >= 0.3 is 5.97 Å². The van der Waals surface area contributed by atoms with Crippen LogP contribution in [0.15, 0.2) is 54.6 Å². The molecule has 2 aromatic carbocycles. The molecule has 3 aromatic rings. The minimum atomic E-state index is -1.25. The number of hydrogen-bond acceptors (Lipinski definition) is 7. The molecule has 0 spiro atoms. The zero-order chi connectivity index (χ0) is 30.5. The number of aromatic nitrogens is 1. The zero-order valence-corrected chi connectivity index (χ0v) is 23.0. The number of Topliss-reactive ketones (excluding diaryl/α,β-unsaturated/α-hetero) is 1. The first-order valence-corrected chi connectivity index (χ1v) is 12.8. The standard InChI is InChI=1S/C26H28N4O6.C3H6O2/c1-3-19(29-25(35)21-12-17-9-5-6-10-20(17)28-21)26(36)30(22-11-7-4-8-16(22)2)14-23(32)27-18(15-31)13-24(33)34;1-3(5)2-4/h4-12,15,18-19,28H,3,13-14H2,1-2H3,(H,27,32)(H,29,35)(H,33,34);4H,2H2,1H3. The summed E-state index contributed by atoms with van der Waals surface area (Å²) in [6.07, 6.45) is 0.0117. The monoisotopic (exact) mass is 566 g/mol. The third kappa shape index (κ3) is 9.69. The van der Waals surface area contributed by atoms with Crippen LogP contribution in [0.3, 0.4) is 0 Å². The Kier molecular flexibility index (Phi) is 12.4. The van der Waals surface area contributed by atoms with E-state index in [4.69, 9.17) is 10.2 Å². The lowest BCUT2D eigenvalue weighted by molar-refractivity contribution is -0.139. The summed E-state index contributed by atoms with van der Waals surface area (Å²) >= 11 is 0. The van der Waals surface area contributed by atoms with Crippen LogP contribution < -0.4 is 15.5 Å². The number of ketones is 1. The van der Waals surface area contributed by atoms with Gasteiger partial charge in [0.25, 0.3) is 5.91 Å². The number of carboxylic acid groups (broad SMARTS) is 1. The predicted octanol–water partition coefficient (Wildman–Crippen LogP) is 1.74. The van der Waals surface area contributed by atoms with E-state index in [1.54, 1.807) is 44.2 Å². The lowest BCUT2D eigenvalue weighted by atomic mass is 10.1. The molecule has 5 N–H and O–H groups in total. The number of para-hydroxylation sites is 2. The normalized spacial score (nSPS) is 11.8. The van der Waals surface area contributed by atoms with Gasteiger partial charge in [0.15, 0.2) is 5.78 Å². The summed E-state index contributed by atoms with van der Waals surface area (Å²) in [5.74, 6) is -3.13. The molecule has 0 aliphatic rings. The Morgan fingerprint density at radius 3 is 2.22 bits per heavy atom. The number of hydrogen-bond donors (Lipinski definition) is 5. The zero-order valence-electron chi connectivity index (χ0n) is 23.0. The highest BCUT2D eigenvalue weighted by atomic mass is 16.4. The third-order valence-corrected chi connectivity index (χ3v) is 5.89. The van der Waals surface area contributed by atoms with Crippen molar-refractivity contribution in [2.45, 2.75) is 45.7 Å². The minimum absolute atomic E-state index is 0.190. The molecule has 0 fully saturated rings. The summed E-state index contributed by atoms with van der Waals surface area (Å²) in [5.41, 5.74) is 2.25. The van der Waals surface area contributed by atoms with Crippen molar-refractivity contribution in [1.82, 2.24) is 15.6 Å². The van der Waals surface area contributed by atoms with E-state index in [1.807, 2.05) is 24.3 Å². The van der Waals surface area contributed by atoms with Crippen LogP contribution in [0, 0.1) is 6.92 Å². The number of carboxylic acids is 1. The Bertz CT molecular complexity index is 1370. The van der Waals surface area contributed by atoms with Crippen LogP contribution in [-0.4, -0.2) is 76.2 Å². The molecule has 0 bridgehead atoms. The Balaban J connectivity index is 0.00000108. The van der Waals surface area contributed by atoms with Gasteiger partial charge in [0.2, 0.25) is 11.8 Å². The maximum absolute atomic E-state index is 13.6. The quantitative estimate of drug-likeness (QED) is 0.205. The van der Waals surface area contributed by atoms with Crippen molar-refractivity contribution in [3.05, 3.63) is 65.9 Å². The number of benzene rings is 2. The molecular weight excluding hydrogens is 532 g/mol. The van der Waals surface area contributed by atoms with Gasteiger partial charge in [-0.1, -0.05) is 43.3 Å². The van der Waals surface area contributed by atoms with E-state index < -0.39 is 48.7 Å².